The zero-order valence-corrected chi connectivity index (χ0v) is 21.2. The highest BCUT2D eigenvalue weighted by molar-refractivity contribution is 5.79. The van der Waals surface area contributed by atoms with Crippen LogP contribution in [0.25, 0.3) is 16.8 Å². The average molecular weight is 479 g/mol. The lowest BCUT2D eigenvalue weighted by Gasteiger charge is -2.45. The molecule has 7 heteroatoms. The van der Waals surface area contributed by atoms with E-state index in [-0.39, 0.29) is 22.6 Å². The number of rotatable bonds is 7. The van der Waals surface area contributed by atoms with E-state index in [0.717, 1.165) is 18.7 Å². The Bertz CT molecular complexity index is 1150. The Morgan fingerprint density at radius 1 is 1.20 bits per heavy atom. The van der Waals surface area contributed by atoms with Gasteiger partial charge in [0.25, 0.3) is 0 Å². The van der Waals surface area contributed by atoms with Crippen molar-refractivity contribution < 1.29 is 14.2 Å². The number of fused-ring (bicyclic) bond motifs is 2. The minimum absolute atomic E-state index is 0.0568. The first-order chi connectivity index (χ1) is 16.6. The van der Waals surface area contributed by atoms with Gasteiger partial charge in [0.05, 0.1) is 12.8 Å². The fraction of sp³-hybridized carbons (Fsp3) is 0.429. The Balaban J connectivity index is 1.54. The van der Waals surface area contributed by atoms with Crippen LogP contribution in [-0.2, 0) is 4.74 Å². The number of benzene rings is 1. The SMILES string of the molecule is C=C/C(=C\C(OC)=C(/C)F)c1ccc(-c2ccc(N(C)[C@H]3C[C@]4(C)CC[C@](C)(C3)N4)nn2)c(O)c1. The molecular formula is C28H35FN4O2. The summed E-state index contributed by atoms with van der Waals surface area (Å²) >= 11 is 0. The molecule has 0 saturated carbocycles. The summed E-state index contributed by atoms with van der Waals surface area (Å²) in [5.74, 6) is 0.550. The molecule has 2 bridgehead atoms. The maximum Gasteiger partial charge on any atom is 0.151 e. The van der Waals surface area contributed by atoms with E-state index < -0.39 is 5.83 Å². The van der Waals surface area contributed by atoms with Gasteiger partial charge in [-0.25, -0.2) is 4.39 Å². The molecule has 2 N–H and O–H groups in total. The minimum Gasteiger partial charge on any atom is -0.507 e. The largest absolute Gasteiger partial charge is 0.507 e. The van der Waals surface area contributed by atoms with E-state index in [1.807, 2.05) is 18.2 Å². The van der Waals surface area contributed by atoms with E-state index in [4.69, 9.17) is 4.74 Å². The molecule has 4 rings (SSSR count). The van der Waals surface area contributed by atoms with Crippen molar-refractivity contribution in [3.8, 4) is 17.0 Å². The quantitative estimate of drug-likeness (QED) is 0.389. The van der Waals surface area contributed by atoms with Crippen molar-refractivity contribution in [2.75, 3.05) is 19.1 Å². The molecule has 35 heavy (non-hydrogen) atoms. The van der Waals surface area contributed by atoms with Crippen molar-refractivity contribution in [3.05, 3.63) is 66.2 Å². The molecule has 3 atom stereocenters. The number of nitrogens with one attached hydrogen (secondary N) is 1. The van der Waals surface area contributed by atoms with Gasteiger partial charge in [-0.3, -0.25) is 0 Å². The molecule has 2 aliphatic rings. The summed E-state index contributed by atoms with van der Waals surface area (Å²) in [6, 6.07) is 9.45. The predicted molar refractivity (Wildman–Crippen MR) is 139 cm³/mol. The first kappa shape index (κ1) is 24.9. The monoisotopic (exact) mass is 478 g/mol. The molecule has 2 saturated heterocycles. The molecule has 6 nitrogen and oxygen atoms in total. The van der Waals surface area contributed by atoms with Crippen LogP contribution in [0.3, 0.4) is 0 Å². The van der Waals surface area contributed by atoms with Gasteiger partial charge in [0, 0.05) is 29.7 Å². The number of ether oxygens (including phenoxy) is 1. The Hall–Kier alpha value is -3.19. The summed E-state index contributed by atoms with van der Waals surface area (Å²) in [7, 11) is 3.50. The molecule has 2 aliphatic heterocycles. The van der Waals surface area contributed by atoms with Crippen molar-refractivity contribution in [1.29, 1.82) is 0 Å². The van der Waals surface area contributed by atoms with Crippen molar-refractivity contribution >= 4 is 11.4 Å². The molecule has 1 aromatic carbocycles. The smallest absolute Gasteiger partial charge is 0.151 e. The second-order valence-corrected chi connectivity index (χ2v) is 10.3. The predicted octanol–water partition coefficient (Wildman–Crippen LogP) is 5.77. The van der Waals surface area contributed by atoms with E-state index in [1.165, 1.54) is 26.9 Å². The number of halogens is 1. The normalized spacial score (nSPS) is 26.8. The Morgan fingerprint density at radius 2 is 1.89 bits per heavy atom. The molecular weight excluding hydrogens is 443 g/mol. The number of nitrogens with zero attached hydrogens (tertiary/aromatic N) is 3. The highest BCUT2D eigenvalue weighted by Crippen LogP contribution is 2.43. The fourth-order valence-corrected chi connectivity index (χ4v) is 5.57. The van der Waals surface area contributed by atoms with Crippen LogP contribution in [0.2, 0.25) is 0 Å². The number of allylic oxidation sites excluding steroid dienone is 4. The maximum atomic E-state index is 13.6. The van der Waals surface area contributed by atoms with Gasteiger partial charge in [-0.15, -0.1) is 10.2 Å². The first-order valence-electron chi connectivity index (χ1n) is 12.0. The third-order valence-corrected chi connectivity index (χ3v) is 7.44. The second-order valence-electron chi connectivity index (χ2n) is 10.3. The summed E-state index contributed by atoms with van der Waals surface area (Å²) in [4.78, 5) is 2.23. The van der Waals surface area contributed by atoms with E-state index in [0.29, 0.717) is 28.4 Å². The van der Waals surface area contributed by atoms with Crippen LogP contribution >= 0.6 is 0 Å². The van der Waals surface area contributed by atoms with Gasteiger partial charge in [0.15, 0.2) is 11.6 Å². The van der Waals surface area contributed by atoms with Crippen LogP contribution in [-0.4, -0.2) is 46.6 Å². The molecule has 0 unspecified atom stereocenters. The van der Waals surface area contributed by atoms with E-state index in [1.54, 1.807) is 24.3 Å². The van der Waals surface area contributed by atoms with Crippen LogP contribution in [0.5, 0.6) is 5.75 Å². The highest BCUT2D eigenvalue weighted by Gasteiger charge is 2.49. The van der Waals surface area contributed by atoms with Crippen LogP contribution in [0, 0.1) is 0 Å². The zero-order chi connectivity index (χ0) is 25.4. The van der Waals surface area contributed by atoms with Gasteiger partial charge in [-0.05, 0) is 87.9 Å². The van der Waals surface area contributed by atoms with Crippen LogP contribution < -0.4 is 10.2 Å². The van der Waals surface area contributed by atoms with Gasteiger partial charge >= 0.3 is 0 Å². The van der Waals surface area contributed by atoms with Crippen molar-refractivity contribution in [3.63, 3.8) is 0 Å². The molecule has 0 amide bonds. The molecule has 0 radical (unpaired) electrons. The standard InChI is InChI=1S/C28H35FN4O2/c1-7-19(15-25(35-6)18(2)29)20-8-9-22(24(34)14-20)23-10-11-26(31-30-23)33(5)21-16-27(3)12-13-28(4,17-21)32-27/h7-11,14-15,21,32,34H,1,12-13,16-17H2,2-6H3/b19-15+,25-18-/t21-,27-,28+. The van der Waals surface area contributed by atoms with Gasteiger partial charge in [-0.2, -0.15) is 0 Å². The average Bonchev–Trinajstić information content (AvgIpc) is 3.05. The molecule has 186 valence electrons. The lowest BCUT2D eigenvalue weighted by molar-refractivity contribution is 0.207. The zero-order valence-electron chi connectivity index (χ0n) is 21.2. The maximum absolute atomic E-state index is 13.6. The fourth-order valence-electron chi connectivity index (χ4n) is 5.57. The first-order valence-corrected chi connectivity index (χ1v) is 12.0. The van der Waals surface area contributed by atoms with E-state index in [2.05, 4.69) is 47.9 Å². The summed E-state index contributed by atoms with van der Waals surface area (Å²) in [5, 5.41) is 23.5. The van der Waals surface area contributed by atoms with Crippen LogP contribution in [0.1, 0.15) is 52.0 Å². The summed E-state index contributed by atoms with van der Waals surface area (Å²) in [6.45, 7) is 9.76. The molecule has 3 heterocycles. The number of methoxy groups -OCH3 is 1. The minimum atomic E-state index is -0.437. The molecule has 2 fully saturated rings. The highest BCUT2D eigenvalue weighted by atomic mass is 19.1. The molecule has 0 aliphatic carbocycles. The third kappa shape index (κ3) is 5.10. The number of aromatic hydroxyl groups is 1. The van der Waals surface area contributed by atoms with Crippen molar-refractivity contribution in [2.45, 2.75) is 63.6 Å². The summed E-state index contributed by atoms with van der Waals surface area (Å²) < 4.78 is 18.7. The van der Waals surface area contributed by atoms with Crippen molar-refractivity contribution in [1.82, 2.24) is 15.5 Å². The Kier molecular flexibility index (Phi) is 6.73. The van der Waals surface area contributed by atoms with E-state index in [9.17, 15) is 9.50 Å². The number of aromatic nitrogens is 2. The number of phenolic OH excluding ortho intramolecular Hbond substituents is 1. The molecule has 0 spiro atoms. The number of piperidine rings is 1. The third-order valence-electron chi connectivity index (χ3n) is 7.44. The van der Waals surface area contributed by atoms with Gasteiger partial charge in [0.2, 0.25) is 0 Å². The molecule has 1 aromatic heterocycles. The second kappa shape index (κ2) is 9.46. The Morgan fingerprint density at radius 3 is 2.40 bits per heavy atom. The lowest BCUT2D eigenvalue weighted by atomic mass is 9.84. The number of anilines is 1. The number of hydrogen-bond acceptors (Lipinski definition) is 6. The summed E-state index contributed by atoms with van der Waals surface area (Å²) in [6.07, 6.45) is 7.70. The Labute approximate surface area is 207 Å². The topological polar surface area (TPSA) is 70.5 Å². The number of phenols is 1. The lowest BCUT2D eigenvalue weighted by Crippen LogP contribution is -2.58. The number of hydrogen-bond donors (Lipinski definition) is 2. The molecule has 2 aromatic rings. The van der Waals surface area contributed by atoms with Gasteiger partial charge in [0.1, 0.15) is 11.6 Å². The van der Waals surface area contributed by atoms with Gasteiger partial charge in [-0.1, -0.05) is 18.7 Å². The van der Waals surface area contributed by atoms with Crippen LogP contribution in [0.15, 0.2) is 60.6 Å². The van der Waals surface area contributed by atoms with E-state index >= 15 is 0 Å². The van der Waals surface area contributed by atoms with Crippen molar-refractivity contribution in [2.24, 2.45) is 0 Å². The van der Waals surface area contributed by atoms with Gasteiger partial charge < -0.3 is 20.1 Å². The summed E-state index contributed by atoms with van der Waals surface area (Å²) in [5.41, 5.74) is 2.81. The van der Waals surface area contributed by atoms with Crippen LogP contribution in [0.4, 0.5) is 10.2 Å².